The fraction of sp³-hybridized carbons (Fsp3) is 0.417. The van der Waals surface area contributed by atoms with E-state index in [0.717, 1.165) is 6.54 Å². The topological polar surface area (TPSA) is 12.4 Å². The standard InChI is InChI=1S/C12H17N/c1-9-6-5-7-12(11(9)3)10(2)8-13-4/h5-7,10H,4,8H2,1-3H3/t10-/m0/s1. The Balaban J connectivity index is 3.00. The molecule has 0 spiro atoms. The number of rotatable bonds is 3. The Bertz CT molecular complexity index is 302. The summed E-state index contributed by atoms with van der Waals surface area (Å²) in [5.74, 6) is 0.484. The van der Waals surface area contributed by atoms with E-state index in [1.54, 1.807) is 0 Å². The molecule has 0 aliphatic heterocycles. The van der Waals surface area contributed by atoms with Gasteiger partial charge in [0.15, 0.2) is 0 Å². The van der Waals surface area contributed by atoms with E-state index in [0.29, 0.717) is 5.92 Å². The molecule has 0 N–H and O–H groups in total. The highest BCUT2D eigenvalue weighted by molar-refractivity contribution is 5.36. The predicted octanol–water partition coefficient (Wildman–Crippen LogP) is 3.11. The van der Waals surface area contributed by atoms with E-state index in [4.69, 9.17) is 0 Å². The number of nitrogens with zero attached hydrogens (tertiary/aromatic N) is 1. The Labute approximate surface area is 80.5 Å². The third kappa shape index (κ3) is 2.18. The van der Waals surface area contributed by atoms with Gasteiger partial charge in [0.2, 0.25) is 0 Å². The minimum absolute atomic E-state index is 0.484. The summed E-state index contributed by atoms with van der Waals surface area (Å²) in [5.41, 5.74) is 4.14. The van der Waals surface area contributed by atoms with Gasteiger partial charge in [-0.05, 0) is 37.3 Å². The molecule has 0 amide bonds. The average molecular weight is 175 g/mol. The molecule has 0 aromatic heterocycles. The van der Waals surface area contributed by atoms with Crippen molar-refractivity contribution in [3.63, 3.8) is 0 Å². The summed E-state index contributed by atoms with van der Waals surface area (Å²) < 4.78 is 0. The molecular formula is C12H17N. The lowest BCUT2D eigenvalue weighted by atomic mass is 9.94. The predicted molar refractivity (Wildman–Crippen MR) is 58.7 cm³/mol. The van der Waals surface area contributed by atoms with Gasteiger partial charge in [0, 0.05) is 12.5 Å². The van der Waals surface area contributed by atoms with E-state index >= 15 is 0 Å². The van der Waals surface area contributed by atoms with Crippen LogP contribution >= 0.6 is 0 Å². The lowest BCUT2D eigenvalue weighted by Gasteiger charge is -2.13. The second-order valence-corrected chi connectivity index (χ2v) is 3.60. The molecule has 13 heavy (non-hydrogen) atoms. The molecule has 0 saturated heterocycles. The van der Waals surface area contributed by atoms with Crippen LogP contribution in [0, 0.1) is 13.8 Å². The molecule has 1 aromatic carbocycles. The molecule has 0 saturated carbocycles. The van der Waals surface area contributed by atoms with Crippen molar-refractivity contribution in [2.24, 2.45) is 4.99 Å². The van der Waals surface area contributed by atoms with E-state index in [-0.39, 0.29) is 0 Å². The van der Waals surface area contributed by atoms with Crippen LogP contribution in [0.15, 0.2) is 23.2 Å². The van der Waals surface area contributed by atoms with Crippen LogP contribution in [0.2, 0.25) is 0 Å². The minimum Gasteiger partial charge on any atom is -0.300 e. The van der Waals surface area contributed by atoms with Crippen LogP contribution in [0.25, 0.3) is 0 Å². The summed E-state index contributed by atoms with van der Waals surface area (Å²) in [6.07, 6.45) is 0. The number of hydrogen-bond donors (Lipinski definition) is 0. The largest absolute Gasteiger partial charge is 0.300 e. The molecule has 1 nitrogen and oxygen atoms in total. The first kappa shape index (κ1) is 9.97. The zero-order chi connectivity index (χ0) is 9.84. The molecular weight excluding hydrogens is 158 g/mol. The normalized spacial score (nSPS) is 12.5. The molecule has 1 atom stereocenters. The molecule has 0 fully saturated rings. The molecule has 0 aliphatic carbocycles. The van der Waals surface area contributed by atoms with Gasteiger partial charge in [0.25, 0.3) is 0 Å². The number of benzene rings is 1. The summed E-state index contributed by atoms with van der Waals surface area (Å²) >= 11 is 0. The lowest BCUT2D eigenvalue weighted by Crippen LogP contribution is -2.01. The Hall–Kier alpha value is -1.11. The van der Waals surface area contributed by atoms with Crippen LogP contribution in [0.4, 0.5) is 0 Å². The van der Waals surface area contributed by atoms with Crippen LogP contribution in [-0.4, -0.2) is 13.3 Å². The lowest BCUT2D eigenvalue weighted by molar-refractivity contribution is 0.771. The summed E-state index contributed by atoms with van der Waals surface area (Å²) in [5, 5.41) is 0. The molecule has 1 heteroatoms. The van der Waals surface area contributed by atoms with Crippen molar-refractivity contribution in [3.8, 4) is 0 Å². The molecule has 0 bridgehead atoms. The fourth-order valence-corrected chi connectivity index (χ4v) is 1.60. The molecule has 0 unspecified atom stereocenters. The maximum atomic E-state index is 3.93. The maximum Gasteiger partial charge on any atom is 0.0448 e. The summed E-state index contributed by atoms with van der Waals surface area (Å²) in [6, 6.07) is 6.43. The first-order chi connectivity index (χ1) is 6.16. The minimum atomic E-state index is 0.484. The van der Waals surface area contributed by atoms with Crippen LogP contribution in [0.3, 0.4) is 0 Å². The molecule has 0 aliphatic rings. The smallest absolute Gasteiger partial charge is 0.0448 e. The van der Waals surface area contributed by atoms with Gasteiger partial charge in [-0.1, -0.05) is 25.1 Å². The van der Waals surface area contributed by atoms with E-state index in [1.165, 1.54) is 16.7 Å². The molecule has 1 aromatic rings. The van der Waals surface area contributed by atoms with Gasteiger partial charge in [-0.3, -0.25) is 0 Å². The zero-order valence-corrected chi connectivity index (χ0v) is 8.67. The molecule has 0 radical (unpaired) electrons. The van der Waals surface area contributed by atoms with Crippen LogP contribution in [-0.2, 0) is 0 Å². The van der Waals surface area contributed by atoms with Crippen molar-refractivity contribution >= 4 is 6.72 Å². The second kappa shape index (κ2) is 4.22. The molecule has 0 heterocycles. The van der Waals surface area contributed by atoms with Gasteiger partial charge in [-0.2, -0.15) is 0 Å². The van der Waals surface area contributed by atoms with Gasteiger partial charge < -0.3 is 4.99 Å². The van der Waals surface area contributed by atoms with Crippen molar-refractivity contribution in [1.29, 1.82) is 0 Å². The summed E-state index contributed by atoms with van der Waals surface area (Å²) in [7, 11) is 0. The van der Waals surface area contributed by atoms with Gasteiger partial charge in [-0.15, -0.1) is 0 Å². The van der Waals surface area contributed by atoms with Gasteiger partial charge in [0.05, 0.1) is 0 Å². The second-order valence-electron chi connectivity index (χ2n) is 3.60. The fourth-order valence-electron chi connectivity index (χ4n) is 1.60. The summed E-state index contributed by atoms with van der Waals surface area (Å²) in [6.45, 7) is 10.8. The van der Waals surface area contributed by atoms with Crippen LogP contribution < -0.4 is 0 Å². The van der Waals surface area contributed by atoms with Crippen molar-refractivity contribution in [1.82, 2.24) is 0 Å². The van der Waals surface area contributed by atoms with Gasteiger partial charge in [-0.25, -0.2) is 0 Å². The Morgan fingerprint density at radius 2 is 2.08 bits per heavy atom. The first-order valence-corrected chi connectivity index (χ1v) is 4.65. The average Bonchev–Trinajstić information content (AvgIpc) is 2.10. The highest BCUT2D eigenvalue weighted by Gasteiger charge is 2.07. The maximum absolute atomic E-state index is 3.93. The van der Waals surface area contributed by atoms with E-state index in [1.807, 2.05) is 0 Å². The number of hydrogen-bond acceptors (Lipinski definition) is 1. The van der Waals surface area contributed by atoms with Gasteiger partial charge in [0.1, 0.15) is 0 Å². The first-order valence-electron chi connectivity index (χ1n) is 4.65. The van der Waals surface area contributed by atoms with Crippen molar-refractivity contribution in [2.75, 3.05) is 6.54 Å². The number of aryl methyl sites for hydroxylation is 1. The van der Waals surface area contributed by atoms with Crippen LogP contribution in [0.5, 0.6) is 0 Å². The third-order valence-electron chi connectivity index (χ3n) is 2.58. The zero-order valence-electron chi connectivity index (χ0n) is 8.67. The van der Waals surface area contributed by atoms with E-state index in [2.05, 4.69) is 50.7 Å². The van der Waals surface area contributed by atoms with E-state index in [9.17, 15) is 0 Å². The van der Waals surface area contributed by atoms with Gasteiger partial charge >= 0.3 is 0 Å². The van der Waals surface area contributed by atoms with Crippen molar-refractivity contribution < 1.29 is 0 Å². The Morgan fingerprint density at radius 3 is 2.69 bits per heavy atom. The summed E-state index contributed by atoms with van der Waals surface area (Å²) in [4.78, 5) is 3.93. The monoisotopic (exact) mass is 175 g/mol. The molecule has 70 valence electrons. The third-order valence-corrected chi connectivity index (χ3v) is 2.58. The van der Waals surface area contributed by atoms with E-state index < -0.39 is 0 Å². The Morgan fingerprint density at radius 1 is 1.38 bits per heavy atom. The Kier molecular flexibility index (Phi) is 3.24. The SMILES string of the molecule is C=NC[C@H](C)c1cccc(C)c1C. The highest BCUT2D eigenvalue weighted by Crippen LogP contribution is 2.21. The quantitative estimate of drug-likeness (QED) is 0.626. The number of aliphatic imine (C=N–C) groups is 1. The van der Waals surface area contributed by atoms with Crippen LogP contribution in [0.1, 0.15) is 29.5 Å². The molecule has 1 rings (SSSR count). The highest BCUT2D eigenvalue weighted by atomic mass is 14.7. The van der Waals surface area contributed by atoms with Crippen molar-refractivity contribution in [2.45, 2.75) is 26.7 Å². The van der Waals surface area contributed by atoms with Crippen molar-refractivity contribution in [3.05, 3.63) is 34.9 Å².